The summed E-state index contributed by atoms with van der Waals surface area (Å²) in [6, 6.07) is 0. The number of nitrogens with zero attached hydrogens (tertiary/aromatic N) is 1. The molecule has 112 valence electrons. The first-order valence-electron chi connectivity index (χ1n) is 4.88. The molecule has 11 heteroatoms. The minimum Gasteiger partial charge on any atom is -0.378 e. The topological polar surface area (TPSA) is 46.6 Å². The van der Waals surface area contributed by atoms with Gasteiger partial charge >= 0.3 is 11.7 Å². The van der Waals surface area contributed by atoms with Gasteiger partial charge in [0.25, 0.3) is 9.84 Å². The molecule has 1 heterocycles. The highest BCUT2D eigenvalue weighted by Crippen LogP contribution is 2.38. The third-order valence-electron chi connectivity index (χ3n) is 2.22. The van der Waals surface area contributed by atoms with Gasteiger partial charge in [0.05, 0.1) is 13.2 Å². The Balaban J connectivity index is 3.20. The number of sulfone groups is 1. The van der Waals surface area contributed by atoms with E-state index in [0.29, 0.717) is 0 Å². The molecule has 19 heavy (non-hydrogen) atoms. The maximum Gasteiger partial charge on any atom is 0.501 e. The van der Waals surface area contributed by atoms with Gasteiger partial charge in [-0.1, -0.05) is 0 Å². The van der Waals surface area contributed by atoms with Crippen LogP contribution in [-0.4, -0.2) is 51.3 Å². The monoisotopic (exact) mass is 313 g/mol. The normalized spacial score (nSPS) is 19.7. The molecule has 0 atom stereocenters. The van der Waals surface area contributed by atoms with Crippen LogP contribution in [0.5, 0.6) is 0 Å². The molecule has 0 amide bonds. The molecular weight excluding hydrogens is 304 g/mol. The van der Waals surface area contributed by atoms with E-state index in [-0.39, 0.29) is 32.5 Å². The van der Waals surface area contributed by atoms with Gasteiger partial charge < -0.3 is 9.64 Å². The Morgan fingerprint density at radius 2 is 1.53 bits per heavy atom. The summed E-state index contributed by atoms with van der Waals surface area (Å²) in [4.78, 5) is -1.79. The van der Waals surface area contributed by atoms with Crippen molar-refractivity contribution in [1.82, 2.24) is 4.90 Å². The maximum atomic E-state index is 12.5. The van der Waals surface area contributed by atoms with Gasteiger partial charge in [0.1, 0.15) is 0 Å². The van der Waals surface area contributed by atoms with Crippen LogP contribution in [0.2, 0.25) is 0 Å². The molecule has 0 saturated carbocycles. The quantitative estimate of drug-likeness (QED) is 0.728. The summed E-state index contributed by atoms with van der Waals surface area (Å²) < 4.78 is 101. The average molecular weight is 313 g/mol. The summed E-state index contributed by atoms with van der Waals surface area (Å²) >= 11 is 0. The number of alkyl halides is 6. The lowest BCUT2D eigenvalue weighted by atomic mass is 10.4. The van der Waals surface area contributed by atoms with E-state index in [1.54, 1.807) is 0 Å². The third kappa shape index (κ3) is 3.75. The van der Waals surface area contributed by atoms with Crippen molar-refractivity contribution in [2.24, 2.45) is 0 Å². The van der Waals surface area contributed by atoms with Crippen molar-refractivity contribution < 1.29 is 39.5 Å². The Labute approximate surface area is 104 Å². The number of halogens is 6. The number of morpholine rings is 1. The number of ether oxygens (including phenoxy) is 1. The van der Waals surface area contributed by atoms with Gasteiger partial charge in [-0.2, -0.15) is 26.3 Å². The van der Waals surface area contributed by atoms with Crippen LogP contribution in [-0.2, 0) is 14.6 Å². The minimum absolute atomic E-state index is 0.00764. The molecule has 0 aliphatic carbocycles. The lowest BCUT2D eigenvalue weighted by Gasteiger charge is -2.26. The zero-order valence-electron chi connectivity index (χ0n) is 9.25. The molecule has 1 rings (SSSR count). The van der Waals surface area contributed by atoms with E-state index in [0.717, 1.165) is 4.90 Å². The average Bonchev–Trinajstić information content (AvgIpc) is 2.24. The fourth-order valence-electron chi connectivity index (χ4n) is 1.29. The molecule has 0 radical (unpaired) electrons. The number of hydrogen-bond acceptors (Lipinski definition) is 4. The van der Waals surface area contributed by atoms with Crippen molar-refractivity contribution in [3.8, 4) is 0 Å². The van der Waals surface area contributed by atoms with E-state index < -0.39 is 26.4 Å². The molecule has 0 unspecified atom stereocenters. The van der Waals surface area contributed by atoms with Gasteiger partial charge in [0.2, 0.25) is 0 Å². The van der Waals surface area contributed by atoms with Crippen LogP contribution < -0.4 is 0 Å². The molecule has 4 nitrogen and oxygen atoms in total. The van der Waals surface area contributed by atoms with Gasteiger partial charge in [-0.05, 0) is 0 Å². The van der Waals surface area contributed by atoms with Gasteiger partial charge in [-0.25, -0.2) is 8.42 Å². The van der Waals surface area contributed by atoms with Crippen molar-refractivity contribution in [3.63, 3.8) is 0 Å². The Morgan fingerprint density at radius 3 is 1.89 bits per heavy atom. The summed E-state index contributed by atoms with van der Waals surface area (Å²) in [5.74, 6) is 0. The van der Waals surface area contributed by atoms with E-state index in [1.807, 2.05) is 0 Å². The fourth-order valence-corrected chi connectivity index (χ4v) is 2.13. The fraction of sp³-hybridized carbons (Fsp3) is 0.750. The highest BCUT2D eigenvalue weighted by Gasteiger charge is 2.56. The van der Waals surface area contributed by atoms with Crippen molar-refractivity contribution in [2.45, 2.75) is 11.7 Å². The van der Waals surface area contributed by atoms with Crippen molar-refractivity contribution in [1.29, 1.82) is 0 Å². The molecule has 0 aromatic rings. The van der Waals surface area contributed by atoms with Crippen LogP contribution in [0.4, 0.5) is 26.3 Å². The first-order chi connectivity index (χ1) is 8.46. The minimum atomic E-state index is -6.44. The second-order valence-electron chi connectivity index (χ2n) is 3.59. The summed E-state index contributed by atoms with van der Waals surface area (Å²) in [5.41, 5.74) is -6.00. The SMILES string of the molecule is O=S(=O)(C(=CN1CCOCC1)C(F)(F)F)C(F)(F)F. The highest BCUT2D eigenvalue weighted by atomic mass is 32.2. The van der Waals surface area contributed by atoms with Crippen LogP contribution in [0.1, 0.15) is 0 Å². The summed E-state index contributed by atoms with van der Waals surface area (Å²) in [6.07, 6.45) is -5.64. The molecule has 1 aliphatic rings. The lowest BCUT2D eigenvalue weighted by molar-refractivity contribution is -0.0907. The Morgan fingerprint density at radius 1 is 1.05 bits per heavy atom. The standard InChI is InChI=1S/C8H9F6NO3S/c9-7(10,11)6(19(16,17)8(12,13)14)5-15-1-3-18-4-2-15/h5H,1-4H2. The van der Waals surface area contributed by atoms with Crippen LogP contribution in [0, 0.1) is 0 Å². The second kappa shape index (κ2) is 5.19. The summed E-state index contributed by atoms with van der Waals surface area (Å²) in [6.45, 7) is -0.221. The zero-order valence-corrected chi connectivity index (χ0v) is 10.1. The van der Waals surface area contributed by atoms with Crippen LogP contribution >= 0.6 is 0 Å². The Hall–Kier alpha value is -0.970. The Kier molecular flexibility index (Phi) is 4.40. The molecular formula is C8H9F6NO3S. The molecule has 1 aliphatic heterocycles. The number of allylic oxidation sites excluding steroid dienone is 1. The molecule has 0 aromatic heterocycles. The first kappa shape index (κ1) is 16.1. The molecule has 0 bridgehead atoms. The molecule has 0 aromatic carbocycles. The van der Waals surface area contributed by atoms with Crippen LogP contribution in [0.3, 0.4) is 0 Å². The third-order valence-corrected chi connectivity index (χ3v) is 3.74. The first-order valence-corrected chi connectivity index (χ1v) is 6.37. The van der Waals surface area contributed by atoms with Gasteiger partial charge in [-0.15, -0.1) is 0 Å². The molecule has 0 N–H and O–H groups in total. The largest absolute Gasteiger partial charge is 0.501 e. The second-order valence-corrected chi connectivity index (χ2v) is 5.50. The van der Waals surface area contributed by atoms with Crippen LogP contribution in [0.25, 0.3) is 0 Å². The maximum absolute atomic E-state index is 12.5. The smallest absolute Gasteiger partial charge is 0.378 e. The van der Waals surface area contributed by atoms with Gasteiger partial charge in [0.15, 0.2) is 4.91 Å². The van der Waals surface area contributed by atoms with Crippen LogP contribution in [0.15, 0.2) is 11.1 Å². The van der Waals surface area contributed by atoms with E-state index in [2.05, 4.69) is 0 Å². The van der Waals surface area contributed by atoms with Crippen molar-refractivity contribution in [2.75, 3.05) is 26.3 Å². The Bertz CT molecular complexity index is 446. The van der Waals surface area contributed by atoms with E-state index in [4.69, 9.17) is 4.74 Å². The predicted molar refractivity (Wildman–Crippen MR) is 51.5 cm³/mol. The number of rotatable bonds is 2. The zero-order chi connectivity index (χ0) is 14.9. The highest BCUT2D eigenvalue weighted by molar-refractivity contribution is 7.96. The predicted octanol–water partition coefficient (Wildman–Crippen LogP) is 1.66. The van der Waals surface area contributed by atoms with Crippen molar-refractivity contribution in [3.05, 3.63) is 11.1 Å². The summed E-state index contributed by atoms with van der Waals surface area (Å²) in [5, 5.41) is 0. The molecule has 1 fully saturated rings. The molecule has 0 spiro atoms. The number of hydrogen-bond donors (Lipinski definition) is 0. The summed E-state index contributed by atoms with van der Waals surface area (Å²) in [7, 11) is -6.44. The lowest BCUT2D eigenvalue weighted by Crippen LogP contribution is -2.37. The van der Waals surface area contributed by atoms with E-state index in [1.165, 1.54) is 0 Å². The van der Waals surface area contributed by atoms with Gasteiger partial charge in [-0.3, -0.25) is 0 Å². The van der Waals surface area contributed by atoms with Crippen molar-refractivity contribution >= 4 is 9.84 Å². The molecule has 1 saturated heterocycles. The van der Waals surface area contributed by atoms with E-state index >= 15 is 0 Å². The van der Waals surface area contributed by atoms with Gasteiger partial charge in [0, 0.05) is 19.3 Å². The van der Waals surface area contributed by atoms with E-state index in [9.17, 15) is 34.8 Å².